The molecule has 0 amide bonds. The molecule has 0 saturated carbocycles. The molecule has 0 aliphatic rings. The molecule has 0 atom stereocenters. The van der Waals surface area contributed by atoms with Gasteiger partial charge in [0.05, 0.1) is 15.7 Å². The van der Waals surface area contributed by atoms with Gasteiger partial charge in [0.25, 0.3) is 6.43 Å². The van der Waals surface area contributed by atoms with E-state index in [0.717, 1.165) is 0 Å². The van der Waals surface area contributed by atoms with Crippen LogP contribution in [0.4, 0.5) is 14.5 Å². The fourth-order valence-electron chi connectivity index (χ4n) is 0.822. The molecular formula is C8H7Cl2F2NO. The van der Waals surface area contributed by atoms with Crippen LogP contribution < -0.4 is 10.5 Å². The molecule has 2 N–H and O–H groups in total. The molecule has 0 fully saturated rings. The Morgan fingerprint density at radius 2 is 1.86 bits per heavy atom. The Hall–Kier alpha value is -0.740. The van der Waals surface area contributed by atoms with Crippen LogP contribution in [0.3, 0.4) is 0 Å². The number of benzene rings is 1. The molecule has 14 heavy (non-hydrogen) atoms. The van der Waals surface area contributed by atoms with Gasteiger partial charge >= 0.3 is 0 Å². The first kappa shape index (κ1) is 11.3. The normalized spacial score (nSPS) is 10.6. The van der Waals surface area contributed by atoms with Gasteiger partial charge in [-0.25, -0.2) is 8.78 Å². The van der Waals surface area contributed by atoms with E-state index in [2.05, 4.69) is 0 Å². The zero-order valence-corrected chi connectivity index (χ0v) is 8.45. The SMILES string of the molecule is Nc1cc(Cl)c(Cl)cc1OCC(F)F. The minimum atomic E-state index is -2.55. The van der Waals surface area contributed by atoms with E-state index in [-0.39, 0.29) is 21.5 Å². The number of nitrogens with two attached hydrogens (primary N) is 1. The predicted molar refractivity (Wildman–Crippen MR) is 52.4 cm³/mol. The number of hydrogen-bond acceptors (Lipinski definition) is 2. The van der Waals surface area contributed by atoms with Crippen molar-refractivity contribution in [3.63, 3.8) is 0 Å². The van der Waals surface area contributed by atoms with Crippen LogP contribution in [-0.2, 0) is 0 Å². The summed E-state index contributed by atoms with van der Waals surface area (Å²) in [6, 6.07) is 2.66. The number of halogens is 4. The van der Waals surface area contributed by atoms with E-state index in [1.165, 1.54) is 12.1 Å². The molecule has 2 nitrogen and oxygen atoms in total. The van der Waals surface area contributed by atoms with Crippen molar-refractivity contribution in [2.75, 3.05) is 12.3 Å². The monoisotopic (exact) mass is 241 g/mol. The van der Waals surface area contributed by atoms with Crippen LogP contribution in [-0.4, -0.2) is 13.0 Å². The minimum Gasteiger partial charge on any atom is -0.485 e. The van der Waals surface area contributed by atoms with Crippen molar-refractivity contribution in [1.29, 1.82) is 0 Å². The van der Waals surface area contributed by atoms with E-state index in [4.69, 9.17) is 33.7 Å². The maximum absolute atomic E-state index is 11.8. The van der Waals surface area contributed by atoms with Crippen molar-refractivity contribution in [3.8, 4) is 5.75 Å². The summed E-state index contributed by atoms with van der Waals surface area (Å²) in [4.78, 5) is 0. The summed E-state index contributed by atoms with van der Waals surface area (Å²) in [5, 5.41) is 0.471. The summed E-state index contributed by atoms with van der Waals surface area (Å²) in [6.07, 6.45) is -2.55. The lowest BCUT2D eigenvalue weighted by molar-refractivity contribution is 0.0823. The largest absolute Gasteiger partial charge is 0.485 e. The van der Waals surface area contributed by atoms with Gasteiger partial charge in [-0.3, -0.25) is 0 Å². The summed E-state index contributed by atoms with van der Waals surface area (Å²) in [5.41, 5.74) is 5.64. The number of nitrogen functional groups attached to an aromatic ring is 1. The Morgan fingerprint density at radius 1 is 1.29 bits per heavy atom. The Balaban J connectivity index is 2.82. The highest BCUT2D eigenvalue weighted by molar-refractivity contribution is 6.42. The smallest absolute Gasteiger partial charge is 0.272 e. The summed E-state index contributed by atoms with van der Waals surface area (Å²) in [7, 11) is 0. The van der Waals surface area contributed by atoms with Gasteiger partial charge in [0.2, 0.25) is 0 Å². The number of alkyl halides is 2. The van der Waals surface area contributed by atoms with Gasteiger partial charge in [0, 0.05) is 6.07 Å². The Labute approximate surface area is 89.6 Å². The van der Waals surface area contributed by atoms with Crippen molar-refractivity contribution >= 4 is 28.9 Å². The van der Waals surface area contributed by atoms with Crippen molar-refractivity contribution < 1.29 is 13.5 Å². The van der Waals surface area contributed by atoms with Gasteiger partial charge in [0.15, 0.2) is 0 Å². The van der Waals surface area contributed by atoms with Gasteiger partial charge in [-0.1, -0.05) is 23.2 Å². The Kier molecular flexibility index (Phi) is 3.77. The number of ether oxygens (including phenoxy) is 1. The van der Waals surface area contributed by atoms with Gasteiger partial charge in [-0.15, -0.1) is 0 Å². The van der Waals surface area contributed by atoms with Crippen LogP contribution in [0.25, 0.3) is 0 Å². The molecule has 0 unspecified atom stereocenters. The molecule has 1 aromatic rings. The van der Waals surface area contributed by atoms with Crippen molar-refractivity contribution in [2.45, 2.75) is 6.43 Å². The number of rotatable bonds is 3. The van der Waals surface area contributed by atoms with Crippen molar-refractivity contribution in [2.24, 2.45) is 0 Å². The third-order valence-corrected chi connectivity index (χ3v) is 2.14. The summed E-state index contributed by atoms with van der Waals surface area (Å²) in [6.45, 7) is -0.720. The first-order valence-electron chi connectivity index (χ1n) is 3.66. The lowest BCUT2D eigenvalue weighted by Gasteiger charge is -2.09. The quantitative estimate of drug-likeness (QED) is 0.826. The molecule has 78 valence electrons. The molecular weight excluding hydrogens is 235 g/mol. The van der Waals surface area contributed by atoms with Crippen molar-refractivity contribution in [1.82, 2.24) is 0 Å². The first-order valence-corrected chi connectivity index (χ1v) is 4.41. The number of hydrogen-bond donors (Lipinski definition) is 1. The second-order valence-electron chi connectivity index (χ2n) is 2.51. The lowest BCUT2D eigenvalue weighted by atomic mass is 10.3. The summed E-state index contributed by atoms with van der Waals surface area (Å²) in [5.74, 6) is 0.111. The molecule has 6 heteroatoms. The molecule has 1 rings (SSSR count). The van der Waals surface area contributed by atoms with Crippen LogP contribution in [0.15, 0.2) is 12.1 Å². The first-order chi connectivity index (χ1) is 6.50. The molecule has 0 radical (unpaired) electrons. The minimum absolute atomic E-state index is 0.111. The third kappa shape index (κ3) is 2.89. The molecule has 0 saturated heterocycles. The van der Waals surface area contributed by atoms with E-state index >= 15 is 0 Å². The molecule has 0 aromatic heterocycles. The maximum atomic E-state index is 11.8. The van der Waals surface area contributed by atoms with E-state index in [0.29, 0.717) is 0 Å². The van der Waals surface area contributed by atoms with Gasteiger partial charge < -0.3 is 10.5 Å². The molecule has 0 heterocycles. The van der Waals surface area contributed by atoms with Crippen molar-refractivity contribution in [3.05, 3.63) is 22.2 Å². The summed E-state index contributed by atoms with van der Waals surface area (Å²) < 4.78 is 28.3. The fourth-order valence-corrected chi connectivity index (χ4v) is 1.15. The molecule has 0 spiro atoms. The standard InChI is InChI=1S/C8H7Cl2F2NO/c9-4-1-6(13)7(2-5(4)10)14-3-8(11)12/h1-2,8H,3,13H2. The Bertz CT molecular complexity index is 333. The lowest BCUT2D eigenvalue weighted by Crippen LogP contribution is -2.08. The van der Waals surface area contributed by atoms with Crippen LogP contribution in [0.2, 0.25) is 10.0 Å². The highest BCUT2D eigenvalue weighted by Gasteiger charge is 2.09. The molecule has 0 aliphatic carbocycles. The van der Waals surface area contributed by atoms with Crippen LogP contribution in [0.1, 0.15) is 0 Å². The van der Waals surface area contributed by atoms with E-state index < -0.39 is 13.0 Å². The highest BCUT2D eigenvalue weighted by Crippen LogP contribution is 2.32. The average Bonchev–Trinajstić information content (AvgIpc) is 2.09. The molecule has 0 bridgehead atoms. The van der Waals surface area contributed by atoms with Gasteiger partial charge in [0.1, 0.15) is 12.4 Å². The van der Waals surface area contributed by atoms with Crippen LogP contribution in [0.5, 0.6) is 5.75 Å². The van der Waals surface area contributed by atoms with Gasteiger partial charge in [-0.05, 0) is 6.07 Å². The maximum Gasteiger partial charge on any atom is 0.272 e. The van der Waals surface area contributed by atoms with E-state index in [1.54, 1.807) is 0 Å². The highest BCUT2D eigenvalue weighted by atomic mass is 35.5. The van der Waals surface area contributed by atoms with Crippen LogP contribution >= 0.6 is 23.2 Å². The second-order valence-corrected chi connectivity index (χ2v) is 3.32. The number of anilines is 1. The fraction of sp³-hybridized carbons (Fsp3) is 0.250. The van der Waals surface area contributed by atoms with E-state index in [1.807, 2.05) is 0 Å². The predicted octanol–water partition coefficient (Wildman–Crippen LogP) is 3.22. The van der Waals surface area contributed by atoms with E-state index in [9.17, 15) is 8.78 Å². The molecule has 1 aromatic carbocycles. The average molecular weight is 242 g/mol. The topological polar surface area (TPSA) is 35.2 Å². The zero-order valence-electron chi connectivity index (χ0n) is 6.94. The summed E-state index contributed by atoms with van der Waals surface area (Å²) >= 11 is 11.3. The third-order valence-electron chi connectivity index (χ3n) is 1.42. The van der Waals surface area contributed by atoms with Crippen LogP contribution in [0, 0.1) is 0 Å². The molecule has 0 aliphatic heterocycles. The zero-order chi connectivity index (χ0) is 10.7. The Morgan fingerprint density at radius 3 is 2.43 bits per heavy atom. The second kappa shape index (κ2) is 4.66. The van der Waals surface area contributed by atoms with Gasteiger partial charge in [-0.2, -0.15) is 0 Å².